The van der Waals surface area contributed by atoms with Gasteiger partial charge < -0.3 is 9.55 Å². The molecule has 1 aliphatic carbocycles. The molecule has 1 aliphatic rings. The molecule has 3 heteroatoms. The van der Waals surface area contributed by atoms with E-state index in [-0.39, 0.29) is 5.41 Å². The molecule has 1 fully saturated rings. The molecule has 1 aromatic heterocycles. The van der Waals surface area contributed by atoms with Gasteiger partial charge in [-0.25, -0.2) is 0 Å². The van der Waals surface area contributed by atoms with Crippen LogP contribution in [0.2, 0.25) is 0 Å². The maximum atomic E-state index is 5.48. The molecule has 0 amide bonds. The van der Waals surface area contributed by atoms with Gasteiger partial charge in [-0.2, -0.15) is 0 Å². The molecule has 0 bridgehead atoms. The van der Waals surface area contributed by atoms with Crippen molar-refractivity contribution in [2.75, 3.05) is 0 Å². The van der Waals surface area contributed by atoms with Gasteiger partial charge in [0.2, 0.25) is 0 Å². The zero-order valence-electron chi connectivity index (χ0n) is 12.2. The molecule has 1 N–H and O–H groups in total. The highest BCUT2D eigenvalue weighted by Gasteiger charge is 2.34. The second kappa shape index (κ2) is 4.84. The van der Waals surface area contributed by atoms with Crippen LogP contribution in [0.3, 0.4) is 0 Å². The summed E-state index contributed by atoms with van der Waals surface area (Å²) >= 11 is 5.48. The van der Waals surface area contributed by atoms with Crippen LogP contribution in [0.25, 0.3) is 0 Å². The lowest BCUT2D eigenvalue weighted by Crippen LogP contribution is -2.27. The van der Waals surface area contributed by atoms with E-state index in [2.05, 4.69) is 43.4 Å². The van der Waals surface area contributed by atoms with E-state index in [1.54, 1.807) is 0 Å². The quantitative estimate of drug-likeness (QED) is 0.778. The highest BCUT2D eigenvalue weighted by molar-refractivity contribution is 7.71. The SMILES string of the molecule is CCC1(Cn2c(C(C)(C)C)c[nH]c2=S)CCCC1. The molecule has 0 radical (unpaired) electrons. The van der Waals surface area contributed by atoms with Gasteiger partial charge in [-0.15, -0.1) is 0 Å². The van der Waals surface area contributed by atoms with Crippen molar-refractivity contribution in [3.63, 3.8) is 0 Å². The fourth-order valence-electron chi connectivity index (χ4n) is 3.26. The Kier molecular flexibility index (Phi) is 3.72. The average molecular weight is 266 g/mol. The fourth-order valence-corrected chi connectivity index (χ4v) is 3.48. The molecule has 1 heterocycles. The Hall–Kier alpha value is -0.570. The first-order valence-electron chi connectivity index (χ1n) is 7.17. The number of nitrogens with zero attached hydrogens (tertiary/aromatic N) is 1. The average Bonchev–Trinajstić information content (AvgIpc) is 2.87. The van der Waals surface area contributed by atoms with Crippen LogP contribution in [0.1, 0.15) is 65.5 Å². The Balaban J connectivity index is 2.34. The van der Waals surface area contributed by atoms with Crippen LogP contribution in [0, 0.1) is 10.2 Å². The van der Waals surface area contributed by atoms with Crippen LogP contribution in [0.4, 0.5) is 0 Å². The lowest BCUT2D eigenvalue weighted by molar-refractivity contribution is 0.230. The van der Waals surface area contributed by atoms with E-state index < -0.39 is 0 Å². The van der Waals surface area contributed by atoms with E-state index in [4.69, 9.17) is 12.2 Å². The van der Waals surface area contributed by atoms with Crippen LogP contribution >= 0.6 is 12.2 Å². The minimum atomic E-state index is 0.154. The molecule has 0 atom stereocenters. The van der Waals surface area contributed by atoms with Crippen LogP contribution in [-0.4, -0.2) is 9.55 Å². The summed E-state index contributed by atoms with van der Waals surface area (Å²) in [4.78, 5) is 3.24. The third-order valence-electron chi connectivity index (χ3n) is 4.54. The van der Waals surface area contributed by atoms with Gasteiger partial charge in [0.25, 0.3) is 0 Å². The summed E-state index contributed by atoms with van der Waals surface area (Å²) in [5, 5.41) is 0. The standard InChI is InChI=1S/C15H26N2S/c1-5-15(8-6-7-9-15)11-17-12(14(2,3)4)10-16-13(17)18/h10H,5-9,11H2,1-4H3,(H,16,18). The Bertz CT molecular complexity index is 456. The molecule has 0 spiro atoms. The third kappa shape index (κ3) is 2.56. The first-order valence-corrected chi connectivity index (χ1v) is 7.57. The monoisotopic (exact) mass is 266 g/mol. The van der Waals surface area contributed by atoms with Crippen LogP contribution in [-0.2, 0) is 12.0 Å². The highest BCUT2D eigenvalue weighted by Crippen LogP contribution is 2.43. The van der Waals surface area contributed by atoms with Gasteiger partial charge in [-0.1, -0.05) is 40.5 Å². The van der Waals surface area contributed by atoms with Crippen LogP contribution < -0.4 is 0 Å². The molecule has 102 valence electrons. The van der Waals surface area contributed by atoms with Crippen molar-refractivity contribution in [1.82, 2.24) is 9.55 Å². The van der Waals surface area contributed by atoms with Crippen LogP contribution in [0.5, 0.6) is 0 Å². The topological polar surface area (TPSA) is 20.7 Å². The molecule has 18 heavy (non-hydrogen) atoms. The van der Waals surface area contributed by atoms with Gasteiger partial charge in [-0.05, 0) is 36.9 Å². The van der Waals surface area contributed by atoms with E-state index >= 15 is 0 Å². The second-order valence-electron chi connectivity index (χ2n) is 6.88. The zero-order valence-corrected chi connectivity index (χ0v) is 13.0. The fraction of sp³-hybridized carbons (Fsp3) is 0.800. The van der Waals surface area contributed by atoms with Gasteiger partial charge in [-0.3, -0.25) is 0 Å². The number of rotatable bonds is 3. The lowest BCUT2D eigenvalue weighted by Gasteiger charge is -2.31. The number of imidazole rings is 1. The number of hydrogen-bond donors (Lipinski definition) is 1. The highest BCUT2D eigenvalue weighted by atomic mass is 32.1. The molecule has 1 saturated carbocycles. The molecule has 0 aromatic carbocycles. The predicted molar refractivity (Wildman–Crippen MR) is 79.5 cm³/mol. The largest absolute Gasteiger partial charge is 0.337 e. The van der Waals surface area contributed by atoms with Crippen molar-refractivity contribution in [2.45, 2.75) is 71.8 Å². The Morgan fingerprint density at radius 3 is 2.44 bits per heavy atom. The van der Waals surface area contributed by atoms with Crippen molar-refractivity contribution in [1.29, 1.82) is 0 Å². The van der Waals surface area contributed by atoms with Crippen molar-refractivity contribution in [2.24, 2.45) is 5.41 Å². The molecule has 2 rings (SSSR count). The Morgan fingerprint density at radius 2 is 1.94 bits per heavy atom. The van der Waals surface area contributed by atoms with Gasteiger partial charge in [0.15, 0.2) is 4.77 Å². The zero-order chi connectivity index (χ0) is 13.4. The number of hydrogen-bond acceptors (Lipinski definition) is 1. The summed E-state index contributed by atoms with van der Waals surface area (Å²) in [5.41, 5.74) is 1.98. The summed E-state index contributed by atoms with van der Waals surface area (Å²) in [5.74, 6) is 0. The van der Waals surface area contributed by atoms with Crippen molar-refractivity contribution in [3.05, 3.63) is 16.7 Å². The Morgan fingerprint density at radius 1 is 1.33 bits per heavy atom. The van der Waals surface area contributed by atoms with E-state index in [9.17, 15) is 0 Å². The molecular formula is C15H26N2S. The summed E-state index contributed by atoms with van der Waals surface area (Å²) in [7, 11) is 0. The smallest absolute Gasteiger partial charge is 0.177 e. The third-order valence-corrected chi connectivity index (χ3v) is 4.88. The van der Waals surface area contributed by atoms with E-state index in [0.29, 0.717) is 5.41 Å². The number of aromatic nitrogens is 2. The van der Waals surface area contributed by atoms with E-state index in [1.807, 2.05) is 0 Å². The summed E-state index contributed by atoms with van der Waals surface area (Å²) in [6.45, 7) is 10.2. The number of H-pyrrole nitrogens is 1. The number of aromatic amines is 1. The molecule has 0 unspecified atom stereocenters. The minimum Gasteiger partial charge on any atom is -0.337 e. The van der Waals surface area contributed by atoms with Gasteiger partial charge >= 0.3 is 0 Å². The molecular weight excluding hydrogens is 240 g/mol. The summed E-state index contributed by atoms with van der Waals surface area (Å²) in [6, 6.07) is 0. The Labute approximate surface area is 116 Å². The maximum absolute atomic E-state index is 5.48. The lowest BCUT2D eigenvalue weighted by atomic mass is 9.82. The first kappa shape index (κ1) is 13.9. The van der Waals surface area contributed by atoms with Crippen LogP contribution in [0.15, 0.2) is 6.20 Å². The van der Waals surface area contributed by atoms with Gasteiger partial charge in [0, 0.05) is 23.9 Å². The van der Waals surface area contributed by atoms with E-state index in [1.165, 1.54) is 37.8 Å². The van der Waals surface area contributed by atoms with Gasteiger partial charge in [0.1, 0.15) is 0 Å². The van der Waals surface area contributed by atoms with Crippen molar-refractivity contribution in [3.8, 4) is 0 Å². The first-order chi connectivity index (χ1) is 8.38. The second-order valence-corrected chi connectivity index (χ2v) is 7.26. The molecule has 0 saturated heterocycles. The normalized spacial score (nSPS) is 19.3. The van der Waals surface area contributed by atoms with Crippen molar-refractivity contribution < 1.29 is 0 Å². The van der Waals surface area contributed by atoms with E-state index in [0.717, 1.165) is 11.3 Å². The minimum absolute atomic E-state index is 0.154. The molecule has 0 aliphatic heterocycles. The maximum Gasteiger partial charge on any atom is 0.177 e. The molecule has 1 aromatic rings. The molecule has 2 nitrogen and oxygen atoms in total. The summed E-state index contributed by atoms with van der Waals surface area (Å²) in [6.07, 6.45) is 8.86. The number of nitrogens with one attached hydrogen (secondary N) is 1. The van der Waals surface area contributed by atoms with Crippen molar-refractivity contribution >= 4 is 12.2 Å². The van der Waals surface area contributed by atoms with Gasteiger partial charge in [0.05, 0.1) is 0 Å². The predicted octanol–water partition coefficient (Wildman–Crippen LogP) is 4.81. The summed E-state index contributed by atoms with van der Waals surface area (Å²) < 4.78 is 3.24.